The molecule has 5 nitrogen and oxygen atoms in total. The normalized spacial score (nSPS) is 12.2. The Morgan fingerprint density at radius 3 is 2.88 bits per heavy atom. The zero-order valence-corrected chi connectivity index (χ0v) is 14.2. The van der Waals surface area contributed by atoms with E-state index in [2.05, 4.69) is 10.3 Å². The standard InChI is InChI=1S/C20H22N2O3/c1-2-25-16-7-5-6-14(10-16)12-21-19(20(23)24)11-15-13-22-18-9-4-3-8-17(15)18/h3-10,13,19,21-22H,2,11-12H2,1H3,(H,23,24)/t19-/m0/s1. The van der Waals surface area contributed by atoms with Crippen molar-refractivity contribution in [3.63, 3.8) is 0 Å². The minimum absolute atomic E-state index is 0.421. The van der Waals surface area contributed by atoms with E-state index in [4.69, 9.17) is 4.74 Å². The van der Waals surface area contributed by atoms with Gasteiger partial charge in [-0.3, -0.25) is 4.79 Å². The van der Waals surface area contributed by atoms with Crippen LogP contribution in [0.25, 0.3) is 10.9 Å². The summed E-state index contributed by atoms with van der Waals surface area (Å²) >= 11 is 0. The molecule has 0 radical (unpaired) electrons. The second-order valence-electron chi connectivity index (χ2n) is 5.92. The van der Waals surface area contributed by atoms with Gasteiger partial charge in [-0.1, -0.05) is 30.3 Å². The quantitative estimate of drug-likeness (QED) is 0.589. The first-order chi connectivity index (χ1) is 12.2. The number of hydrogen-bond donors (Lipinski definition) is 3. The van der Waals surface area contributed by atoms with Crippen LogP contribution in [0, 0.1) is 0 Å². The van der Waals surface area contributed by atoms with E-state index in [1.54, 1.807) is 0 Å². The van der Waals surface area contributed by atoms with E-state index in [-0.39, 0.29) is 0 Å². The predicted octanol–water partition coefficient (Wildman–Crippen LogP) is 3.35. The summed E-state index contributed by atoms with van der Waals surface area (Å²) in [6, 6.07) is 15.0. The molecule has 0 aliphatic carbocycles. The largest absolute Gasteiger partial charge is 0.494 e. The zero-order chi connectivity index (χ0) is 17.6. The van der Waals surface area contributed by atoms with Gasteiger partial charge in [-0.2, -0.15) is 0 Å². The van der Waals surface area contributed by atoms with Crippen LogP contribution in [0.4, 0.5) is 0 Å². The second kappa shape index (κ2) is 7.85. The predicted molar refractivity (Wildman–Crippen MR) is 97.9 cm³/mol. The number of fused-ring (bicyclic) bond motifs is 1. The van der Waals surface area contributed by atoms with E-state index >= 15 is 0 Å². The Morgan fingerprint density at radius 1 is 1.24 bits per heavy atom. The number of aliphatic carboxylic acids is 1. The molecule has 1 atom stereocenters. The number of carboxylic acids is 1. The molecule has 0 aliphatic heterocycles. The van der Waals surface area contributed by atoms with Crippen molar-refractivity contribution in [3.8, 4) is 5.75 Å². The lowest BCUT2D eigenvalue weighted by Gasteiger charge is -2.15. The summed E-state index contributed by atoms with van der Waals surface area (Å²) in [6.45, 7) is 3.02. The maximum Gasteiger partial charge on any atom is 0.321 e. The molecular weight excluding hydrogens is 316 g/mol. The highest BCUT2D eigenvalue weighted by atomic mass is 16.5. The molecule has 0 aliphatic rings. The summed E-state index contributed by atoms with van der Waals surface area (Å²) in [5, 5.41) is 13.8. The van der Waals surface area contributed by atoms with E-state index in [1.807, 2.05) is 61.7 Å². The van der Waals surface area contributed by atoms with Gasteiger partial charge in [-0.25, -0.2) is 0 Å². The van der Waals surface area contributed by atoms with Crippen LogP contribution in [0.1, 0.15) is 18.1 Å². The number of para-hydroxylation sites is 1. The van der Waals surface area contributed by atoms with Crippen molar-refractivity contribution in [2.75, 3.05) is 6.61 Å². The van der Waals surface area contributed by atoms with Gasteiger partial charge in [-0.05, 0) is 36.2 Å². The maximum absolute atomic E-state index is 11.7. The summed E-state index contributed by atoms with van der Waals surface area (Å²) in [5.74, 6) is -0.0588. The zero-order valence-electron chi connectivity index (χ0n) is 14.2. The van der Waals surface area contributed by atoms with E-state index in [0.717, 1.165) is 27.8 Å². The van der Waals surface area contributed by atoms with Gasteiger partial charge in [0.05, 0.1) is 6.61 Å². The Morgan fingerprint density at radius 2 is 2.08 bits per heavy atom. The van der Waals surface area contributed by atoms with Crippen LogP contribution in [-0.4, -0.2) is 28.7 Å². The molecule has 0 unspecified atom stereocenters. The van der Waals surface area contributed by atoms with Crippen LogP contribution in [0.15, 0.2) is 54.7 Å². The van der Waals surface area contributed by atoms with Crippen LogP contribution in [0.5, 0.6) is 5.75 Å². The Labute approximate surface area is 146 Å². The number of rotatable bonds is 8. The van der Waals surface area contributed by atoms with Crippen LogP contribution < -0.4 is 10.1 Å². The topological polar surface area (TPSA) is 74.3 Å². The smallest absolute Gasteiger partial charge is 0.321 e. The molecule has 0 amide bonds. The number of carboxylic acid groups (broad SMARTS) is 1. The first-order valence-corrected chi connectivity index (χ1v) is 8.40. The van der Waals surface area contributed by atoms with Gasteiger partial charge in [0, 0.05) is 30.1 Å². The highest BCUT2D eigenvalue weighted by molar-refractivity contribution is 5.84. The third-order valence-corrected chi connectivity index (χ3v) is 4.16. The minimum Gasteiger partial charge on any atom is -0.494 e. The van der Waals surface area contributed by atoms with Crippen molar-refractivity contribution < 1.29 is 14.6 Å². The minimum atomic E-state index is -0.855. The molecule has 25 heavy (non-hydrogen) atoms. The lowest BCUT2D eigenvalue weighted by atomic mass is 10.0. The van der Waals surface area contributed by atoms with Gasteiger partial charge in [0.15, 0.2) is 0 Å². The van der Waals surface area contributed by atoms with Crippen molar-refractivity contribution in [1.82, 2.24) is 10.3 Å². The molecule has 0 saturated heterocycles. The molecule has 0 spiro atoms. The van der Waals surface area contributed by atoms with E-state index in [1.165, 1.54) is 0 Å². The van der Waals surface area contributed by atoms with E-state index in [0.29, 0.717) is 19.6 Å². The molecule has 3 aromatic rings. The van der Waals surface area contributed by atoms with Crippen LogP contribution in [-0.2, 0) is 17.8 Å². The third-order valence-electron chi connectivity index (χ3n) is 4.16. The molecule has 5 heteroatoms. The van der Waals surface area contributed by atoms with Crippen LogP contribution >= 0.6 is 0 Å². The Hall–Kier alpha value is -2.79. The SMILES string of the molecule is CCOc1cccc(CN[C@@H](Cc2c[nH]c3ccccc23)C(=O)O)c1. The fourth-order valence-corrected chi connectivity index (χ4v) is 2.92. The lowest BCUT2D eigenvalue weighted by Crippen LogP contribution is -2.38. The van der Waals surface area contributed by atoms with Crippen molar-refractivity contribution in [1.29, 1.82) is 0 Å². The molecule has 130 valence electrons. The summed E-state index contributed by atoms with van der Waals surface area (Å²) in [4.78, 5) is 14.8. The average molecular weight is 338 g/mol. The van der Waals surface area contributed by atoms with Gasteiger partial charge < -0.3 is 20.1 Å². The number of H-pyrrole nitrogens is 1. The summed E-state index contributed by atoms with van der Waals surface area (Å²) in [6.07, 6.45) is 2.31. The van der Waals surface area contributed by atoms with Gasteiger partial charge >= 0.3 is 5.97 Å². The van der Waals surface area contributed by atoms with Crippen molar-refractivity contribution in [3.05, 3.63) is 65.9 Å². The molecule has 0 fully saturated rings. The summed E-state index contributed by atoms with van der Waals surface area (Å²) in [7, 11) is 0. The fraction of sp³-hybridized carbons (Fsp3) is 0.250. The summed E-state index contributed by atoms with van der Waals surface area (Å²) in [5.41, 5.74) is 3.01. The highest BCUT2D eigenvalue weighted by Gasteiger charge is 2.19. The van der Waals surface area contributed by atoms with Crippen molar-refractivity contribution in [2.45, 2.75) is 25.9 Å². The number of ether oxygens (including phenoxy) is 1. The summed E-state index contributed by atoms with van der Waals surface area (Å²) < 4.78 is 5.49. The molecule has 3 N–H and O–H groups in total. The molecule has 0 bridgehead atoms. The molecule has 3 rings (SSSR count). The maximum atomic E-state index is 11.7. The van der Waals surface area contributed by atoms with Crippen molar-refractivity contribution in [2.24, 2.45) is 0 Å². The molecule has 1 heterocycles. The number of aromatic nitrogens is 1. The van der Waals surface area contributed by atoms with Gasteiger partial charge in [0.25, 0.3) is 0 Å². The molecule has 1 aromatic heterocycles. The number of carbonyl (C=O) groups is 1. The van der Waals surface area contributed by atoms with Gasteiger partial charge in [-0.15, -0.1) is 0 Å². The van der Waals surface area contributed by atoms with Gasteiger partial charge in [0.2, 0.25) is 0 Å². The Balaban J connectivity index is 1.69. The lowest BCUT2D eigenvalue weighted by molar-refractivity contribution is -0.139. The molecule has 0 saturated carbocycles. The Bertz CT molecular complexity index is 857. The highest BCUT2D eigenvalue weighted by Crippen LogP contribution is 2.19. The van der Waals surface area contributed by atoms with Crippen molar-refractivity contribution >= 4 is 16.9 Å². The van der Waals surface area contributed by atoms with E-state index < -0.39 is 12.0 Å². The number of benzene rings is 2. The number of hydrogen-bond acceptors (Lipinski definition) is 3. The first kappa shape index (κ1) is 17.0. The number of nitrogens with one attached hydrogen (secondary N) is 2. The Kier molecular flexibility index (Phi) is 5.36. The first-order valence-electron chi connectivity index (χ1n) is 8.40. The second-order valence-corrected chi connectivity index (χ2v) is 5.92. The average Bonchev–Trinajstić information content (AvgIpc) is 3.02. The third kappa shape index (κ3) is 4.19. The fourth-order valence-electron chi connectivity index (χ4n) is 2.92. The molecule has 2 aromatic carbocycles. The van der Waals surface area contributed by atoms with Gasteiger partial charge in [0.1, 0.15) is 11.8 Å². The number of aromatic amines is 1. The van der Waals surface area contributed by atoms with Crippen LogP contribution in [0.2, 0.25) is 0 Å². The van der Waals surface area contributed by atoms with Crippen LogP contribution in [0.3, 0.4) is 0 Å². The monoisotopic (exact) mass is 338 g/mol. The molecular formula is C20H22N2O3. The van der Waals surface area contributed by atoms with E-state index in [9.17, 15) is 9.90 Å².